The van der Waals surface area contributed by atoms with Crippen molar-refractivity contribution in [3.63, 3.8) is 0 Å². The van der Waals surface area contributed by atoms with E-state index in [-0.39, 0.29) is 11.9 Å². The minimum absolute atomic E-state index is 0.0251. The number of ether oxygens (including phenoxy) is 1. The summed E-state index contributed by atoms with van der Waals surface area (Å²) in [6.07, 6.45) is 0.308. The Bertz CT molecular complexity index is 1100. The van der Waals surface area contributed by atoms with Gasteiger partial charge in [0.25, 0.3) is 0 Å². The Balaban J connectivity index is 1.61. The van der Waals surface area contributed by atoms with Gasteiger partial charge in [-0.25, -0.2) is 0 Å². The van der Waals surface area contributed by atoms with E-state index in [4.69, 9.17) is 27.9 Å². The standard InChI is InChI=1S/C26H26Cl2N2O2/c1-18-7-12-23(22(28)15-18)30-14-13-29(17-24(30)19-8-10-21(27)11-9-19)26(31)16-20-5-3-4-6-25(20)32-2/h3-12,15,24H,13-14,16-17H2,1-2H3. The summed E-state index contributed by atoms with van der Waals surface area (Å²) in [7, 11) is 1.63. The van der Waals surface area contributed by atoms with Crippen molar-refractivity contribution < 1.29 is 9.53 Å². The van der Waals surface area contributed by atoms with Crippen molar-refractivity contribution in [3.05, 3.63) is 93.5 Å². The normalized spacial score (nSPS) is 16.2. The number of rotatable bonds is 5. The van der Waals surface area contributed by atoms with E-state index < -0.39 is 0 Å². The fourth-order valence-electron chi connectivity index (χ4n) is 4.24. The average molecular weight is 469 g/mol. The number of para-hydroxylation sites is 1. The second-order valence-corrected chi connectivity index (χ2v) is 8.89. The number of nitrogens with zero attached hydrogens (tertiary/aromatic N) is 2. The minimum atomic E-state index is -0.0251. The summed E-state index contributed by atoms with van der Waals surface area (Å²) in [6, 6.07) is 21.6. The van der Waals surface area contributed by atoms with Crippen molar-refractivity contribution in [2.45, 2.75) is 19.4 Å². The highest BCUT2D eigenvalue weighted by atomic mass is 35.5. The molecule has 4 rings (SSSR count). The van der Waals surface area contributed by atoms with Gasteiger partial charge in [-0.1, -0.05) is 59.6 Å². The van der Waals surface area contributed by atoms with Crippen LogP contribution < -0.4 is 9.64 Å². The largest absolute Gasteiger partial charge is 0.496 e. The number of hydrogen-bond acceptors (Lipinski definition) is 3. The molecule has 1 fully saturated rings. The molecule has 0 aliphatic carbocycles. The lowest BCUT2D eigenvalue weighted by atomic mass is 10.00. The zero-order chi connectivity index (χ0) is 22.7. The summed E-state index contributed by atoms with van der Waals surface area (Å²) < 4.78 is 5.43. The molecule has 0 N–H and O–H groups in total. The van der Waals surface area contributed by atoms with E-state index >= 15 is 0 Å². The molecule has 3 aromatic rings. The second-order valence-electron chi connectivity index (χ2n) is 8.04. The Kier molecular flexibility index (Phi) is 6.92. The molecule has 32 heavy (non-hydrogen) atoms. The maximum Gasteiger partial charge on any atom is 0.227 e. The van der Waals surface area contributed by atoms with Crippen LogP contribution in [0.4, 0.5) is 5.69 Å². The number of carbonyl (C=O) groups excluding carboxylic acids is 1. The van der Waals surface area contributed by atoms with Crippen molar-refractivity contribution in [1.82, 2.24) is 4.90 Å². The summed E-state index contributed by atoms with van der Waals surface area (Å²) in [5.41, 5.74) is 4.09. The van der Waals surface area contributed by atoms with Crippen molar-refractivity contribution >= 4 is 34.8 Å². The van der Waals surface area contributed by atoms with Gasteiger partial charge in [-0.2, -0.15) is 0 Å². The van der Waals surface area contributed by atoms with Crippen LogP contribution in [0.2, 0.25) is 10.0 Å². The van der Waals surface area contributed by atoms with Gasteiger partial charge in [-0.3, -0.25) is 4.79 Å². The molecule has 1 amide bonds. The van der Waals surface area contributed by atoms with Crippen molar-refractivity contribution in [3.8, 4) is 5.75 Å². The van der Waals surface area contributed by atoms with Crippen LogP contribution in [-0.2, 0) is 11.2 Å². The fourth-order valence-corrected chi connectivity index (χ4v) is 4.71. The van der Waals surface area contributed by atoms with E-state index in [1.165, 1.54) is 0 Å². The van der Waals surface area contributed by atoms with Crippen LogP contribution in [0.15, 0.2) is 66.7 Å². The van der Waals surface area contributed by atoms with Crippen molar-refractivity contribution in [2.24, 2.45) is 0 Å². The van der Waals surface area contributed by atoms with E-state index in [1.807, 2.05) is 66.4 Å². The fraction of sp³-hybridized carbons (Fsp3) is 0.269. The number of piperazine rings is 1. The van der Waals surface area contributed by atoms with Crippen LogP contribution >= 0.6 is 23.2 Å². The van der Waals surface area contributed by atoms with Crippen LogP contribution in [0.25, 0.3) is 0 Å². The maximum atomic E-state index is 13.2. The molecule has 3 aromatic carbocycles. The average Bonchev–Trinajstić information content (AvgIpc) is 2.80. The lowest BCUT2D eigenvalue weighted by Crippen LogP contribution is -2.51. The van der Waals surface area contributed by atoms with Crippen LogP contribution in [0, 0.1) is 6.92 Å². The zero-order valence-electron chi connectivity index (χ0n) is 18.2. The third-order valence-corrected chi connectivity index (χ3v) is 6.49. The molecule has 166 valence electrons. The molecular formula is C26H26Cl2N2O2. The molecule has 1 aliphatic heterocycles. The Morgan fingerprint density at radius 1 is 1.03 bits per heavy atom. The number of anilines is 1. The topological polar surface area (TPSA) is 32.8 Å². The molecule has 0 spiro atoms. The first-order chi connectivity index (χ1) is 15.5. The Morgan fingerprint density at radius 2 is 1.78 bits per heavy atom. The quantitative estimate of drug-likeness (QED) is 0.464. The first kappa shape index (κ1) is 22.5. The molecule has 1 aliphatic rings. The van der Waals surface area contributed by atoms with Gasteiger partial charge >= 0.3 is 0 Å². The summed E-state index contributed by atoms with van der Waals surface area (Å²) in [4.78, 5) is 17.5. The van der Waals surface area contributed by atoms with Gasteiger partial charge < -0.3 is 14.5 Å². The van der Waals surface area contributed by atoms with E-state index in [0.29, 0.717) is 31.1 Å². The van der Waals surface area contributed by atoms with Crippen molar-refractivity contribution in [1.29, 1.82) is 0 Å². The molecule has 1 unspecified atom stereocenters. The van der Waals surface area contributed by atoms with Gasteiger partial charge in [-0.15, -0.1) is 0 Å². The smallest absolute Gasteiger partial charge is 0.227 e. The zero-order valence-corrected chi connectivity index (χ0v) is 19.7. The van der Waals surface area contributed by atoms with Crippen molar-refractivity contribution in [2.75, 3.05) is 31.6 Å². The summed E-state index contributed by atoms with van der Waals surface area (Å²) >= 11 is 12.8. The van der Waals surface area contributed by atoms with E-state index in [0.717, 1.165) is 33.1 Å². The summed E-state index contributed by atoms with van der Waals surface area (Å²) in [6.45, 7) is 3.91. The highest BCUT2D eigenvalue weighted by molar-refractivity contribution is 6.33. The van der Waals surface area contributed by atoms with Crippen LogP contribution in [0.1, 0.15) is 22.7 Å². The van der Waals surface area contributed by atoms with Crippen LogP contribution in [-0.4, -0.2) is 37.6 Å². The minimum Gasteiger partial charge on any atom is -0.496 e. The predicted octanol–water partition coefficient (Wildman–Crippen LogP) is 5.94. The second kappa shape index (κ2) is 9.85. The van der Waals surface area contributed by atoms with Crippen LogP contribution in [0.5, 0.6) is 5.75 Å². The number of halogens is 2. The number of methoxy groups -OCH3 is 1. The van der Waals surface area contributed by atoms with Gasteiger partial charge in [0.15, 0.2) is 0 Å². The molecule has 0 aromatic heterocycles. The number of benzene rings is 3. The molecule has 1 heterocycles. The number of amides is 1. The number of aryl methyl sites for hydroxylation is 1. The van der Waals surface area contributed by atoms with Gasteiger partial charge in [0.1, 0.15) is 5.75 Å². The number of hydrogen-bond donors (Lipinski definition) is 0. The van der Waals surface area contributed by atoms with Crippen LogP contribution in [0.3, 0.4) is 0 Å². The molecule has 1 atom stereocenters. The summed E-state index contributed by atoms with van der Waals surface area (Å²) in [5.74, 6) is 0.822. The first-order valence-electron chi connectivity index (χ1n) is 10.6. The third kappa shape index (κ3) is 4.87. The van der Waals surface area contributed by atoms with Gasteiger partial charge in [0, 0.05) is 30.2 Å². The predicted molar refractivity (Wildman–Crippen MR) is 131 cm³/mol. The first-order valence-corrected chi connectivity index (χ1v) is 11.4. The SMILES string of the molecule is COc1ccccc1CC(=O)N1CCN(c2ccc(C)cc2Cl)C(c2ccc(Cl)cc2)C1. The maximum absolute atomic E-state index is 13.2. The molecule has 1 saturated heterocycles. The Labute approximate surface area is 199 Å². The Hall–Kier alpha value is -2.69. The molecular weight excluding hydrogens is 443 g/mol. The third-order valence-electron chi connectivity index (χ3n) is 5.93. The van der Waals surface area contributed by atoms with Gasteiger partial charge in [0.2, 0.25) is 5.91 Å². The molecule has 6 heteroatoms. The molecule has 0 saturated carbocycles. The highest BCUT2D eigenvalue weighted by Gasteiger charge is 2.32. The lowest BCUT2D eigenvalue weighted by Gasteiger charge is -2.43. The highest BCUT2D eigenvalue weighted by Crippen LogP contribution is 2.36. The van der Waals surface area contributed by atoms with E-state index in [2.05, 4.69) is 17.0 Å². The van der Waals surface area contributed by atoms with Gasteiger partial charge in [0.05, 0.1) is 30.3 Å². The molecule has 0 radical (unpaired) electrons. The lowest BCUT2D eigenvalue weighted by molar-refractivity contribution is -0.131. The molecule has 0 bridgehead atoms. The van der Waals surface area contributed by atoms with E-state index in [1.54, 1.807) is 7.11 Å². The Morgan fingerprint density at radius 3 is 2.50 bits per heavy atom. The summed E-state index contributed by atoms with van der Waals surface area (Å²) in [5, 5.41) is 1.41. The van der Waals surface area contributed by atoms with E-state index in [9.17, 15) is 4.79 Å². The van der Waals surface area contributed by atoms with Gasteiger partial charge in [-0.05, 0) is 48.4 Å². The number of carbonyl (C=O) groups is 1. The monoisotopic (exact) mass is 468 g/mol. The molecule has 4 nitrogen and oxygen atoms in total.